The Bertz CT molecular complexity index is 556. The van der Waals surface area contributed by atoms with Gasteiger partial charge in [-0.15, -0.1) is 11.8 Å². The summed E-state index contributed by atoms with van der Waals surface area (Å²) >= 11 is 0.836. The molecule has 1 aromatic rings. The smallest absolute Gasteiger partial charge is 0.319 e. The third-order valence-corrected chi connectivity index (χ3v) is 3.57. The van der Waals surface area contributed by atoms with Crippen LogP contribution in [0.4, 0.5) is 5.69 Å². The van der Waals surface area contributed by atoms with Crippen molar-refractivity contribution >= 4 is 29.3 Å². The SMILES string of the molecule is CC(C)(Sc1ccc(C(N)=O)cc1[N+](=O)[O-])C(=O)O. The van der Waals surface area contributed by atoms with Crippen LogP contribution in [0, 0.1) is 10.1 Å². The van der Waals surface area contributed by atoms with Crippen molar-refractivity contribution in [1.29, 1.82) is 0 Å². The van der Waals surface area contributed by atoms with Gasteiger partial charge in [-0.3, -0.25) is 19.7 Å². The zero-order chi connectivity index (χ0) is 14.8. The Morgan fingerprint density at radius 2 is 2.00 bits per heavy atom. The van der Waals surface area contributed by atoms with Gasteiger partial charge in [-0.2, -0.15) is 0 Å². The Labute approximate surface area is 112 Å². The van der Waals surface area contributed by atoms with Crippen molar-refractivity contribution < 1.29 is 19.6 Å². The predicted molar refractivity (Wildman–Crippen MR) is 69.2 cm³/mol. The molecule has 1 aromatic carbocycles. The van der Waals surface area contributed by atoms with Crippen LogP contribution in [0.2, 0.25) is 0 Å². The number of benzene rings is 1. The molecule has 8 heteroatoms. The van der Waals surface area contributed by atoms with E-state index in [1.54, 1.807) is 0 Å². The zero-order valence-electron chi connectivity index (χ0n) is 10.2. The molecule has 3 N–H and O–H groups in total. The monoisotopic (exact) mass is 284 g/mol. The molecule has 0 aliphatic carbocycles. The van der Waals surface area contributed by atoms with Crippen molar-refractivity contribution in [1.82, 2.24) is 0 Å². The quantitative estimate of drug-likeness (QED) is 0.481. The van der Waals surface area contributed by atoms with Crippen LogP contribution >= 0.6 is 11.8 Å². The molecule has 0 atom stereocenters. The van der Waals surface area contributed by atoms with Gasteiger partial charge in [-0.25, -0.2) is 0 Å². The first-order valence-corrected chi connectivity index (χ1v) is 5.97. The summed E-state index contributed by atoms with van der Waals surface area (Å²) in [5, 5.41) is 20.0. The number of nitrogens with two attached hydrogens (primary N) is 1. The highest BCUT2D eigenvalue weighted by Gasteiger charge is 2.31. The average Bonchev–Trinajstić information content (AvgIpc) is 2.28. The largest absolute Gasteiger partial charge is 0.480 e. The molecule has 0 saturated heterocycles. The maximum atomic E-state index is 11.0. The maximum Gasteiger partial charge on any atom is 0.319 e. The lowest BCUT2D eigenvalue weighted by Crippen LogP contribution is -2.27. The van der Waals surface area contributed by atoms with Crippen LogP contribution in [-0.4, -0.2) is 26.7 Å². The van der Waals surface area contributed by atoms with Gasteiger partial charge in [-0.1, -0.05) is 0 Å². The molecule has 0 aliphatic rings. The summed E-state index contributed by atoms with van der Waals surface area (Å²) in [5.74, 6) is -1.87. The Morgan fingerprint density at radius 3 is 2.42 bits per heavy atom. The van der Waals surface area contributed by atoms with E-state index in [4.69, 9.17) is 10.8 Å². The van der Waals surface area contributed by atoms with Gasteiger partial charge >= 0.3 is 5.97 Å². The van der Waals surface area contributed by atoms with Gasteiger partial charge in [-0.05, 0) is 26.0 Å². The summed E-state index contributed by atoms with van der Waals surface area (Å²) in [5.41, 5.74) is 4.71. The van der Waals surface area contributed by atoms with Crippen molar-refractivity contribution in [2.75, 3.05) is 0 Å². The first-order valence-electron chi connectivity index (χ1n) is 5.16. The van der Waals surface area contributed by atoms with Crippen molar-refractivity contribution in [2.45, 2.75) is 23.5 Å². The highest BCUT2D eigenvalue weighted by molar-refractivity contribution is 8.01. The number of carboxylic acid groups (broad SMARTS) is 1. The Kier molecular flexibility index (Phi) is 4.15. The molecule has 0 fully saturated rings. The number of hydrogen-bond donors (Lipinski definition) is 2. The molecule has 0 bridgehead atoms. The average molecular weight is 284 g/mol. The third kappa shape index (κ3) is 3.44. The molecular formula is C11H12N2O5S. The number of amides is 1. The van der Waals surface area contributed by atoms with Crippen molar-refractivity contribution in [3.63, 3.8) is 0 Å². The van der Waals surface area contributed by atoms with Crippen LogP contribution in [0.3, 0.4) is 0 Å². The second-order valence-corrected chi connectivity index (χ2v) is 5.89. The van der Waals surface area contributed by atoms with Crippen LogP contribution < -0.4 is 5.73 Å². The van der Waals surface area contributed by atoms with Gasteiger partial charge in [0, 0.05) is 11.6 Å². The minimum absolute atomic E-state index is 0.00387. The number of carboxylic acids is 1. The number of nitrogens with zero attached hydrogens (tertiary/aromatic N) is 1. The molecule has 0 radical (unpaired) electrons. The zero-order valence-corrected chi connectivity index (χ0v) is 11.1. The predicted octanol–water partition coefficient (Wildman–Crippen LogP) is 1.65. The number of hydrogen-bond acceptors (Lipinski definition) is 5. The summed E-state index contributed by atoms with van der Waals surface area (Å²) in [6.07, 6.45) is 0. The molecule has 7 nitrogen and oxygen atoms in total. The fourth-order valence-corrected chi connectivity index (χ4v) is 2.23. The first-order chi connectivity index (χ1) is 8.65. The number of carbonyl (C=O) groups excluding carboxylic acids is 1. The van der Waals surface area contributed by atoms with E-state index in [2.05, 4.69) is 0 Å². The summed E-state index contributed by atoms with van der Waals surface area (Å²) in [4.78, 5) is 32.4. The molecule has 102 valence electrons. The topological polar surface area (TPSA) is 124 Å². The molecule has 0 spiro atoms. The van der Waals surface area contributed by atoms with Crippen molar-refractivity contribution in [3.8, 4) is 0 Å². The lowest BCUT2D eigenvalue weighted by molar-refractivity contribution is -0.387. The fraction of sp³-hybridized carbons (Fsp3) is 0.273. The molecule has 0 aliphatic heterocycles. The lowest BCUT2D eigenvalue weighted by Gasteiger charge is -2.18. The fourth-order valence-electron chi connectivity index (χ4n) is 1.22. The van der Waals surface area contributed by atoms with E-state index < -0.39 is 21.5 Å². The first kappa shape index (κ1) is 15.0. The van der Waals surface area contributed by atoms with Crippen LogP contribution in [0.1, 0.15) is 24.2 Å². The molecule has 1 rings (SSSR count). The molecule has 0 saturated carbocycles. The Hall–Kier alpha value is -2.09. The van der Waals surface area contributed by atoms with Gasteiger partial charge in [0.25, 0.3) is 5.69 Å². The normalized spacial score (nSPS) is 11.1. The van der Waals surface area contributed by atoms with E-state index in [1.807, 2.05) is 0 Å². The van der Waals surface area contributed by atoms with E-state index >= 15 is 0 Å². The maximum absolute atomic E-state index is 11.0. The number of rotatable bonds is 5. The molecule has 0 unspecified atom stereocenters. The summed E-state index contributed by atoms with van der Waals surface area (Å²) in [7, 11) is 0. The van der Waals surface area contributed by atoms with E-state index in [-0.39, 0.29) is 16.1 Å². The summed E-state index contributed by atoms with van der Waals surface area (Å²) in [6, 6.07) is 3.70. The Balaban J connectivity index is 3.25. The van der Waals surface area contributed by atoms with Crippen LogP contribution in [0.15, 0.2) is 23.1 Å². The van der Waals surface area contributed by atoms with Gasteiger partial charge in [0.05, 0.1) is 9.82 Å². The van der Waals surface area contributed by atoms with Crippen molar-refractivity contribution in [2.24, 2.45) is 5.73 Å². The third-order valence-electron chi connectivity index (χ3n) is 2.32. The van der Waals surface area contributed by atoms with E-state index in [0.29, 0.717) is 0 Å². The second-order valence-electron chi connectivity index (χ2n) is 4.22. The number of aliphatic carboxylic acids is 1. The van der Waals surface area contributed by atoms with Gasteiger partial charge in [0.1, 0.15) is 4.75 Å². The summed E-state index contributed by atoms with van der Waals surface area (Å²) < 4.78 is -1.22. The minimum atomic E-state index is -1.22. The number of carbonyl (C=O) groups is 2. The van der Waals surface area contributed by atoms with Crippen molar-refractivity contribution in [3.05, 3.63) is 33.9 Å². The molecular weight excluding hydrogens is 272 g/mol. The highest BCUT2D eigenvalue weighted by atomic mass is 32.2. The number of nitro benzene ring substituents is 1. The number of thioether (sulfide) groups is 1. The molecule has 19 heavy (non-hydrogen) atoms. The van der Waals surface area contributed by atoms with Gasteiger partial charge < -0.3 is 10.8 Å². The molecule has 0 aromatic heterocycles. The standard InChI is InChI=1S/C11H12N2O5S/c1-11(2,10(15)16)19-8-4-3-6(9(12)14)5-7(8)13(17)18/h3-5H,1-2H3,(H2,12,14)(H,15,16). The van der Waals surface area contributed by atoms with E-state index in [0.717, 1.165) is 17.8 Å². The van der Waals surface area contributed by atoms with E-state index in [9.17, 15) is 19.7 Å². The number of nitro groups is 1. The summed E-state index contributed by atoms with van der Waals surface area (Å²) in [6.45, 7) is 2.87. The van der Waals surface area contributed by atoms with E-state index in [1.165, 1.54) is 26.0 Å². The second kappa shape index (κ2) is 5.27. The minimum Gasteiger partial charge on any atom is -0.480 e. The van der Waals surface area contributed by atoms with Crippen LogP contribution in [0.25, 0.3) is 0 Å². The van der Waals surface area contributed by atoms with Crippen LogP contribution in [-0.2, 0) is 4.79 Å². The molecule has 1 amide bonds. The van der Waals surface area contributed by atoms with Gasteiger partial charge in [0.15, 0.2) is 0 Å². The Morgan fingerprint density at radius 1 is 1.42 bits per heavy atom. The number of primary amides is 1. The van der Waals surface area contributed by atoms with Gasteiger partial charge in [0.2, 0.25) is 5.91 Å². The van der Waals surface area contributed by atoms with Crippen LogP contribution in [0.5, 0.6) is 0 Å². The highest BCUT2D eigenvalue weighted by Crippen LogP contribution is 2.38. The molecule has 0 heterocycles. The lowest BCUT2D eigenvalue weighted by atomic mass is 10.2.